The second-order valence-electron chi connectivity index (χ2n) is 7.80. The van der Waals surface area contributed by atoms with Gasteiger partial charge in [0, 0.05) is 25.6 Å². The molecule has 1 aliphatic carbocycles. The molecule has 3 N–H and O–H groups in total. The molecule has 22 heavy (non-hydrogen) atoms. The Morgan fingerprint density at radius 3 is 2.41 bits per heavy atom. The van der Waals surface area contributed by atoms with Crippen LogP contribution in [0.2, 0.25) is 0 Å². The topological polar surface area (TPSA) is 75.4 Å². The van der Waals surface area contributed by atoms with Crippen LogP contribution in [0.1, 0.15) is 47.0 Å². The molecule has 5 heteroatoms. The minimum Gasteiger partial charge on any atom is -0.344 e. The molecule has 1 aliphatic heterocycles. The molecule has 1 saturated heterocycles. The van der Waals surface area contributed by atoms with Crippen molar-refractivity contribution < 1.29 is 9.59 Å². The lowest BCUT2D eigenvalue weighted by Crippen LogP contribution is -2.51. The van der Waals surface area contributed by atoms with Gasteiger partial charge in [-0.25, -0.2) is 0 Å². The first-order chi connectivity index (χ1) is 10.3. The molecule has 2 aliphatic rings. The second-order valence-corrected chi connectivity index (χ2v) is 7.80. The van der Waals surface area contributed by atoms with Crippen LogP contribution in [-0.2, 0) is 9.59 Å². The number of carbonyl (C=O) groups excluding carboxylic acids is 2. The predicted octanol–water partition coefficient (Wildman–Crippen LogP) is 1.37. The number of nitrogens with two attached hydrogens (primary N) is 1. The molecule has 0 aromatic heterocycles. The lowest BCUT2D eigenvalue weighted by atomic mass is 9.98. The zero-order chi connectivity index (χ0) is 16.4. The van der Waals surface area contributed by atoms with Crippen LogP contribution in [0, 0.1) is 23.7 Å². The van der Waals surface area contributed by atoms with E-state index in [2.05, 4.69) is 5.32 Å². The van der Waals surface area contributed by atoms with Gasteiger partial charge in [0.1, 0.15) is 6.04 Å². The minimum atomic E-state index is -0.415. The smallest absolute Gasteiger partial charge is 0.245 e. The fourth-order valence-electron chi connectivity index (χ4n) is 3.80. The average Bonchev–Trinajstić information content (AvgIpc) is 2.97. The van der Waals surface area contributed by atoms with Gasteiger partial charge in [0.15, 0.2) is 0 Å². The van der Waals surface area contributed by atoms with Crippen molar-refractivity contribution in [2.24, 2.45) is 29.4 Å². The molecule has 0 aromatic carbocycles. The summed E-state index contributed by atoms with van der Waals surface area (Å²) in [6, 6.07) is -0.183. The standard InChI is InChI=1S/C17H31N3O2/c1-10(2)7-15(21)19-16(11(3)4)17(22)20-8-12-5-6-14(18)13(12)9-20/h10-14,16H,5-9,18H2,1-4H3,(H,19,21). The van der Waals surface area contributed by atoms with Crippen LogP contribution in [-0.4, -0.2) is 41.9 Å². The first kappa shape index (κ1) is 17.3. The van der Waals surface area contributed by atoms with Crippen molar-refractivity contribution in [3.8, 4) is 0 Å². The van der Waals surface area contributed by atoms with E-state index in [9.17, 15) is 9.59 Å². The van der Waals surface area contributed by atoms with E-state index in [1.165, 1.54) is 0 Å². The van der Waals surface area contributed by atoms with Crippen molar-refractivity contribution in [3.63, 3.8) is 0 Å². The van der Waals surface area contributed by atoms with Crippen LogP contribution in [0.5, 0.6) is 0 Å². The van der Waals surface area contributed by atoms with E-state index in [1.807, 2.05) is 32.6 Å². The van der Waals surface area contributed by atoms with Crippen molar-refractivity contribution in [1.29, 1.82) is 0 Å². The second kappa shape index (κ2) is 6.99. The molecule has 1 heterocycles. The molecule has 5 nitrogen and oxygen atoms in total. The van der Waals surface area contributed by atoms with Gasteiger partial charge >= 0.3 is 0 Å². The number of likely N-dealkylation sites (tertiary alicyclic amines) is 1. The SMILES string of the molecule is CC(C)CC(=O)NC(C(=O)N1CC2CCC(N)C2C1)C(C)C. The quantitative estimate of drug-likeness (QED) is 0.805. The van der Waals surface area contributed by atoms with Crippen molar-refractivity contribution in [1.82, 2.24) is 10.2 Å². The van der Waals surface area contributed by atoms with E-state index >= 15 is 0 Å². The van der Waals surface area contributed by atoms with E-state index < -0.39 is 6.04 Å². The molecule has 0 spiro atoms. The summed E-state index contributed by atoms with van der Waals surface area (Å²) >= 11 is 0. The summed E-state index contributed by atoms with van der Waals surface area (Å²) in [6.07, 6.45) is 2.67. The van der Waals surface area contributed by atoms with E-state index in [1.54, 1.807) is 0 Å². The van der Waals surface area contributed by atoms with Crippen molar-refractivity contribution in [2.45, 2.75) is 59.0 Å². The Bertz CT molecular complexity index is 422. The molecule has 4 unspecified atom stereocenters. The first-order valence-electron chi connectivity index (χ1n) is 8.63. The van der Waals surface area contributed by atoms with E-state index in [0.29, 0.717) is 24.2 Å². The van der Waals surface area contributed by atoms with Gasteiger partial charge in [0.05, 0.1) is 0 Å². The van der Waals surface area contributed by atoms with Gasteiger partial charge < -0.3 is 16.0 Å². The summed E-state index contributed by atoms with van der Waals surface area (Å²) in [5, 5.41) is 2.94. The molecule has 0 radical (unpaired) electrons. The maximum absolute atomic E-state index is 12.8. The number of nitrogens with zero attached hydrogens (tertiary/aromatic N) is 1. The Balaban J connectivity index is 1.97. The molecule has 2 fully saturated rings. The number of hydrogen-bond donors (Lipinski definition) is 2. The number of carbonyl (C=O) groups is 2. The maximum atomic E-state index is 12.8. The molecule has 4 atom stereocenters. The number of rotatable bonds is 5. The van der Waals surface area contributed by atoms with Crippen molar-refractivity contribution >= 4 is 11.8 Å². The third-order valence-electron chi connectivity index (χ3n) is 5.07. The van der Waals surface area contributed by atoms with E-state index in [-0.39, 0.29) is 23.8 Å². The Hall–Kier alpha value is -1.10. The normalized spacial score (nSPS) is 29.0. The highest BCUT2D eigenvalue weighted by Crippen LogP contribution is 2.37. The summed E-state index contributed by atoms with van der Waals surface area (Å²) in [5.74, 6) is 1.43. The first-order valence-corrected chi connectivity index (χ1v) is 8.63. The monoisotopic (exact) mass is 309 g/mol. The lowest BCUT2D eigenvalue weighted by Gasteiger charge is -2.28. The summed E-state index contributed by atoms with van der Waals surface area (Å²) in [5.41, 5.74) is 6.15. The van der Waals surface area contributed by atoms with Crippen LogP contribution >= 0.6 is 0 Å². The molecule has 2 amide bonds. The summed E-state index contributed by atoms with van der Waals surface area (Å²) in [4.78, 5) is 26.8. The largest absolute Gasteiger partial charge is 0.344 e. The van der Waals surface area contributed by atoms with Gasteiger partial charge in [-0.1, -0.05) is 27.7 Å². The summed E-state index contributed by atoms with van der Waals surface area (Å²) in [6.45, 7) is 9.56. The third-order valence-corrected chi connectivity index (χ3v) is 5.07. The van der Waals surface area contributed by atoms with E-state index in [4.69, 9.17) is 5.73 Å². The number of fused-ring (bicyclic) bond motifs is 1. The third kappa shape index (κ3) is 3.80. The molecule has 0 bridgehead atoms. The van der Waals surface area contributed by atoms with Crippen molar-refractivity contribution in [3.05, 3.63) is 0 Å². The number of nitrogens with one attached hydrogen (secondary N) is 1. The highest BCUT2D eigenvalue weighted by atomic mass is 16.2. The molecule has 1 saturated carbocycles. The van der Waals surface area contributed by atoms with Crippen LogP contribution in [0.4, 0.5) is 0 Å². The molecule has 126 valence electrons. The van der Waals surface area contributed by atoms with Crippen LogP contribution in [0.25, 0.3) is 0 Å². The molecular formula is C17H31N3O2. The predicted molar refractivity (Wildman–Crippen MR) is 87.0 cm³/mol. The Labute approximate surface area is 134 Å². The lowest BCUT2D eigenvalue weighted by molar-refractivity contribution is -0.137. The van der Waals surface area contributed by atoms with Crippen LogP contribution < -0.4 is 11.1 Å². The van der Waals surface area contributed by atoms with Crippen LogP contribution in [0.3, 0.4) is 0 Å². The number of hydrogen-bond acceptors (Lipinski definition) is 3. The molecule has 2 rings (SSSR count). The Morgan fingerprint density at radius 1 is 1.18 bits per heavy atom. The van der Waals surface area contributed by atoms with Gasteiger partial charge in [-0.05, 0) is 36.5 Å². The molecule has 0 aromatic rings. The fraction of sp³-hybridized carbons (Fsp3) is 0.882. The Kier molecular flexibility index (Phi) is 5.48. The average molecular weight is 309 g/mol. The van der Waals surface area contributed by atoms with Gasteiger partial charge in [0.2, 0.25) is 11.8 Å². The highest BCUT2D eigenvalue weighted by molar-refractivity contribution is 5.88. The fourth-order valence-corrected chi connectivity index (χ4v) is 3.80. The summed E-state index contributed by atoms with van der Waals surface area (Å²) in [7, 11) is 0. The van der Waals surface area contributed by atoms with Gasteiger partial charge in [0.25, 0.3) is 0 Å². The highest BCUT2D eigenvalue weighted by Gasteiger charge is 2.44. The minimum absolute atomic E-state index is 0.0295. The van der Waals surface area contributed by atoms with E-state index in [0.717, 1.165) is 25.9 Å². The van der Waals surface area contributed by atoms with Crippen molar-refractivity contribution in [2.75, 3.05) is 13.1 Å². The van der Waals surface area contributed by atoms with Gasteiger partial charge in [-0.2, -0.15) is 0 Å². The Morgan fingerprint density at radius 2 is 1.86 bits per heavy atom. The maximum Gasteiger partial charge on any atom is 0.245 e. The molecular weight excluding hydrogens is 278 g/mol. The zero-order valence-corrected chi connectivity index (χ0v) is 14.3. The zero-order valence-electron chi connectivity index (χ0n) is 14.3. The van der Waals surface area contributed by atoms with Gasteiger partial charge in [-0.15, -0.1) is 0 Å². The van der Waals surface area contributed by atoms with Crippen LogP contribution in [0.15, 0.2) is 0 Å². The number of amides is 2. The summed E-state index contributed by atoms with van der Waals surface area (Å²) < 4.78 is 0. The van der Waals surface area contributed by atoms with Gasteiger partial charge in [-0.3, -0.25) is 9.59 Å².